The van der Waals surface area contributed by atoms with Crippen molar-refractivity contribution >= 4 is 21.6 Å². The van der Waals surface area contributed by atoms with Gasteiger partial charge in [0.2, 0.25) is 10.0 Å². The molecule has 0 saturated carbocycles. The fourth-order valence-electron chi connectivity index (χ4n) is 1.67. The highest BCUT2D eigenvalue weighted by molar-refractivity contribution is 7.89. The molecule has 1 rings (SSSR count). The highest BCUT2D eigenvalue weighted by atomic mass is 35.5. The van der Waals surface area contributed by atoms with E-state index in [1.54, 1.807) is 14.2 Å². The Bertz CT molecular complexity index is 464. The van der Waals surface area contributed by atoms with Crippen LogP contribution in [-0.2, 0) is 21.2 Å². The molecule has 0 fully saturated rings. The highest BCUT2D eigenvalue weighted by Gasteiger charge is 2.20. The SMILES string of the molecule is COCC(Cl)CN(C)S(=O)(=O)CCc1ccccc1. The van der Waals surface area contributed by atoms with E-state index in [1.165, 1.54) is 4.31 Å². The number of hydrogen-bond donors (Lipinski definition) is 0. The molecule has 1 atom stereocenters. The van der Waals surface area contributed by atoms with Gasteiger partial charge in [-0.05, 0) is 12.0 Å². The lowest BCUT2D eigenvalue weighted by Crippen LogP contribution is -2.35. The zero-order chi connectivity index (χ0) is 14.3. The molecule has 0 saturated heterocycles. The van der Waals surface area contributed by atoms with E-state index in [0.717, 1.165) is 5.56 Å². The van der Waals surface area contributed by atoms with E-state index in [-0.39, 0.29) is 17.7 Å². The van der Waals surface area contributed by atoms with Crippen molar-refractivity contribution < 1.29 is 13.2 Å². The first kappa shape index (κ1) is 16.4. The number of benzene rings is 1. The van der Waals surface area contributed by atoms with Crippen LogP contribution in [0.5, 0.6) is 0 Å². The minimum absolute atomic E-state index is 0.0874. The second-order valence-corrected chi connectivity index (χ2v) is 7.20. The minimum atomic E-state index is -3.28. The van der Waals surface area contributed by atoms with Gasteiger partial charge >= 0.3 is 0 Å². The summed E-state index contributed by atoms with van der Waals surface area (Å²) in [6, 6.07) is 9.56. The number of halogens is 1. The average Bonchev–Trinajstić information content (AvgIpc) is 2.38. The predicted molar refractivity (Wildman–Crippen MR) is 78.1 cm³/mol. The smallest absolute Gasteiger partial charge is 0.214 e. The van der Waals surface area contributed by atoms with Crippen molar-refractivity contribution in [3.8, 4) is 0 Å². The topological polar surface area (TPSA) is 46.6 Å². The number of ether oxygens (including phenoxy) is 1. The van der Waals surface area contributed by atoms with Crippen LogP contribution >= 0.6 is 11.6 Å². The van der Waals surface area contributed by atoms with Crippen molar-refractivity contribution in [1.82, 2.24) is 4.31 Å². The monoisotopic (exact) mass is 305 g/mol. The Morgan fingerprint density at radius 3 is 2.53 bits per heavy atom. The molecule has 1 aromatic carbocycles. The number of aryl methyl sites for hydroxylation is 1. The van der Waals surface area contributed by atoms with Gasteiger partial charge in [0.1, 0.15) is 0 Å². The van der Waals surface area contributed by atoms with E-state index in [4.69, 9.17) is 16.3 Å². The zero-order valence-electron chi connectivity index (χ0n) is 11.3. The average molecular weight is 306 g/mol. The third-order valence-electron chi connectivity index (χ3n) is 2.77. The first-order chi connectivity index (χ1) is 8.95. The quantitative estimate of drug-likeness (QED) is 0.687. The predicted octanol–water partition coefficient (Wildman–Crippen LogP) is 1.74. The molecule has 0 amide bonds. The number of sulfonamides is 1. The van der Waals surface area contributed by atoms with Crippen LogP contribution in [0.1, 0.15) is 5.56 Å². The van der Waals surface area contributed by atoms with Crippen molar-refractivity contribution in [3.05, 3.63) is 35.9 Å². The fourth-order valence-corrected chi connectivity index (χ4v) is 3.30. The maximum absolute atomic E-state index is 12.1. The van der Waals surface area contributed by atoms with Gasteiger partial charge in [0, 0.05) is 20.7 Å². The lowest BCUT2D eigenvalue weighted by Gasteiger charge is -2.19. The van der Waals surface area contributed by atoms with Gasteiger partial charge in [0.05, 0.1) is 17.7 Å². The summed E-state index contributed by atoms with van der Waals surface area (Å²) in [5.41, 5.74) is 1.01. The zero-order valence-corrected chi connectivity index (χ0v) is 12.8. The molecule has 108 valence electrons. The van der Waals surface area contributed by atoms with Crippen LogP contribution in [0, 0.1) is 0 Å². The summed E-state index contributed by atoms with van der Waals surface area (Å²) in [6.45, 7) is 0.590. The van der Waals surface area contributed by atoms with Crippen molar-refractivity contribution in [2.45, 2.75) is 11.8 Å². The highest BCUT2D eigenvalue weighted by Crippen LogP contribution is 2.08. The molecule has 19 heavy (non-hydrogen) atoms. The minimum Gasteiger partial charge on any atom is -0.383 e. The van der Waals surface area contributed by atoms with Gasteiger partial charge in [-0.15, -0.1) is 11.6 Å². The van der Waals surface area contributed by atoms with Crippen LogP contribution in [0.3, 0.4) is 0 Å². The maximum atomic E-state index is 12.1. The Kier molecular flexibility index (Phi) is 6.79. The molecule has 0 heterocycles. The molecule has 0 radical (unpaired) electrons. The van der Waals surface area contributed by atoms with Gasteiger partial charge in [-0.25, -0.2) is 12.7 Å². The molecule has 4 nitrogen and oxygen atoms in total. The lowest BCUT2D eigenvalue weighted by atomic mass is 10.2. The Morgan fingerprint density at radius 1 is 1.32 bits per heavy atom. The molecule has 0 bridgehead atoms. The molecular formula is C13H20ClNO3S. The van der Waals surface area contributed by atoms with Crippen LogP contribution in [-0.4, -0.2) is 51.2 Å². The summed E-state index contributed by atoms with van der Waals surface area (Å²) in [5, 5.41) is -0.332. The number of hydrogen-bond acceptors (Lipinski definition) is 3. The van der Waals surface area contributed by atoms with E-state index in [0.29, 0.717) is 13.0 Å². The Labute approximate surface area is 120 Å². The first-order valence-electron chi connectivity index (χ1n) is 6.06. The van der Waals surface area contributed by atoms with Crippen LogP contribution in [0.15, 0.2) is 30.3 Å². The molecule has 0 aliphatic carbocycles. The third-order valence-corrected chi connectivity index (χ3v) is 4.85. The summed E-state index contributed by atoms with van der Waals surface area (Å²) in [7, 11) is -0.191. The van der Waals surface area contributed by atoms with E-state index in [9.17, 15) is 8.42 Å². The van der Waals surface area contributed by atoms with E-state index >= 15 is 0 Å². The van der Waals surface area contributed by atoms with Gasteiger partial charge in [0.15, 0.2) is 0 Å². The summed E-state index contributed by atoms with van der Waals surface area (Å²) < 4.78 is 30.3. The molecule has 0 N–H and O–H groups in total. The van der Waals surface area contributed by atoms with Gasteiger partial charge in [-0.1, -0.05) is 30.3 Å². The molecule has 0 aliphatic heterocycles. The molecule has 0 aromatic heterocycles. The second kappa shape index (κ2) is 7.85. The van der Waals surface area contributed by atoms with E-state index < -0.39 is 10.0 Å². The summed E-state index contributed by atoms with van der Waals surface area (Å²) in [4.78, 5) is 0. The van der Waals surface area contributed by atoms with Gasteiger partial charge < -0.3 is 4.74 Å². The lowest BCUT2D eigenvalue weighted by molar-refractivity contribution is 0.192. The van der Waals surface area contributed by atoms with Crippen LogP contribution in [0.4, 0.5) is 0 Å². The second-order valence-electron chi connectivity index (χ2n) is 4.38. The molecular weight excluding hydrogens is 286 g/mol. The number of alkyl halides is 1. The molecule has 1 unspecified atom stereocenters. The van der Waals surface area contributed by atoms with E-state index in [1.807, 2.05) is 30.3 Å². The molecule has 6 heteroatoms. The first-order valence-corrected chi connectivity index (χ1v) is 8.11. The maximum Gasteiger partial charge on any atom is 0.214 e. The summed E-state index contributed by atoms with van der Waals surface area (Å²) >= 11 is 5.97. The van der Waals surface area contributed by atoms with Gasteiger partial charge in [-0.2, -0.15) is 0 Å². The largest absolute Gasteiger partial charge is 0.383 e. The van der Waals surface area contributed by atoms with Gasteiger partial charge in [0.25, 0.3) is 0 Å². The van der Waals surface area contributed by atoms with Crippen molar-refractivity contribution in [3.63, 3.8) is 0 Å². The van der Waals surface area contributed by atoms with Crippen molar-refractivity contribution in [2.75, 3.05) is 33.1 Å². The normalized spacial score (nSPS) is 13.7. The number of nitrogens with zero attached hydrogens (tertiary/aromatic N) is 1. The third kappa shape index (κ3) is 5.91. The number of rotatable bonds is 8. The molecule has 1 aromatic rings. The van der Waals surface area contributed by atoms with Crippen molar-refractivity contribution in [2.24, 2.45) is 0 Å². The van der Waals surface area contributed by atoms with Crippen LogP contribution < -0.4 is 0 Å². The Balaban J connectivity index is 2.51. The summed E-state index contributed by atoms with van der Waals surface area (Å²) in [6.07, 6.45) is 0.505. The molecule has 0 aliphatic rings. The van der Waals surface area contributed by atoms with Crippen LogP contribution in [0.25, 0.3) is 0 Å². The van der Waals surface area contributed by atoms with Gasteiger partial charge in [-0.3, -0.25) is 0 Å². The number of methoxy groups -OCH3 is 1. The van der Waals surface area contributed by atoms with Crippen molar-refractivity contribution in [1.29, 1.82) is 0 Å². The summed E-state index contributed by atoms with van der Waals surface area (Å²) in [5.74, 6) is 0.0874. The molecule has 0 spiro atoms. The van der Waals surface area contributed by atoms with E-state index in [2.05, 4.69) is 0 Å². The fraction of sp³-hybridized carbons (Fsp3) is 0.538. The standard InChI is InChI=1S/C13H20ClNO3S/c1-15(10-13(14)11-18-2)19(16,17)9-8-12-6-4-3-5-7-12/h3-7,13H,8-11H2,1-2H3. The Hall–Kier alpha value is -0.620. The Morgan fingerprint density at radius 2 is 1.95 bits per heavy atom. The van der Waals surface area contributed by atoms with Crippen LogP contribution in [0.2, 0.25) is 0 Å².